The molecule has 0 saturated heterocycles. The highest BCUT2D eigenvalue weighted by molar-refractivity contribution is 5.13. The van der Waals surface area contributed by atoms with Crippen LogP contribution in [0.25, 0.3) is 0 Å². The van der Waals surface area contributed by atoms with Crippen molar-refractivity contribution >= 4 is 0 Å². The molecular weight excluding hydrogens is 200 g/mol. The van der Waals surface area contributed by atoms with E-state index in [0.717, 1.165) is 32.6 Å². The molecule has 0 spiro atoms. The first-order valence-corrected chi connectivity index (χ1v) is 5.83. The third kappa shape index (κ3) is 5.85. The maximum Gasteiger partial charge on any atom is 0.0716 e. The van der Waals surface area contributed by atoms with Gasteiger partial charge in [0.15, 0.2) is 0 Å². The van der Waals surface area contributed by atoms with Gasteiger partial charge in [0.05, 0.1) is 6.61 Å². The lowest BCUT2D eigenvalue weighted by molar-refractivity contribution is 0.113. The van der Waals surface area contributed by atoms with Gasteiger partial charge >= 0.3 is 0 Å². The Hall–Kier alpha value is -0.900. The Morgan fingerprint density at radius 3 is 2.62 bits per heavy atom. The molecule has 0 aromatic heterocycles. The molecule has 1 aromatic rings. The number of nitrogens with one attached hydrogen (secondary N) is 1. The second kappa shape index (κ2) is 8.28. The van der Waals surface area contributed by atoms with Gasteiger partial charge in [0.2, 0.25) is 0 Å². The second-order valence-electron chi connectivity index (χ2n) is 3.89. The number of hydrogen-bond donors (Lipinski definition) is 1. The van der Waals surface area contributed by atoms with Crippen LogP contribution < -0.4 is 5.43 Å². The highest BCUT2D eigenvalue weighted by Crippen LogP contribution is 2.01. The Morgan fingerprint density at radius 1 is 1.19 bits per heavy atom. The Kier molecular flexibility index (Phi) is 6.81. The molecule has 3 heteroatoms. The summed E-state index contributed by atoms with van der Waals surface area (Å²) in [5, 5.41) is 2.08. The van der Waals surface area contributed by atoms with Crippen molar-refractivity contribution in [3.05, 3.63) is 35.9 Å². The van der Waals surface area contributed by atoms with Crippen LogP contribution in [0.3, 0.4) is 0 Å². The molecule has 0 atom stereocenters. The van der Waals surface area contributed by atoms with Gasteiger partial charge in [-0.15, -0.1) is 0 Å². The molecule has 3 nitrogen and oxygen atoms in total. The summed E-state index contributed by atoms with van der Waals surface area (Å²) in [5.74, 6) is 0. The number of ether oxygens (including phenoxy) is 1. The summed E-state index contributed by atoms with van der Waals surface area (Å²) in [6.45, 7) is 2.63. The third-order valence-corrected chi connectivity index (χ3v) is 2.53. The summed E-state index contributed by atoms with van der Waals surface area (Å²) in [6.07, 6.45) is 2.27. The second-order valence-corrected chi connectivity index (χ2v) is 3.89. The van der Waals surface area contributed by atoms with Crippen LogP contribution in [0.4, 0.5) is 0 Å². The van der Waals surface area contributed by atoms with Crippen molar-refractivity contribution < 1.29 is 4.74 Å². The lowest BCUT2D eigenvalue weighted by Crippen LogP contribution is -2.31. The minimum Gasteiger partial charge on any atom is -0.377 e. The average molecular weight is 222 g/mol. The molecule has 0 saturated carbocycles. The molecule has 1 aromatic carbocycles. The summed E-state index contributed by atoms with van der Waals surface area (Å²) in [7, 11) is 3.98. The Balaban J connectivity index is 1.96. The smallest absolute Gasteiger partial charge is 0.0716 e. The Bertz CT molecular complexity index is 264. The van der Waals surface area contributed by atoms with E-state index in [2.05, 4.69) is 22.6 Å². The number of hydrogen-bond acceptors (Lipinski definition) is 3. The van der Waals surface area contributed by atoms with Gasteiger partial charge in [-0.3, -0.25) is 5.43 Å². The van der Waals surface area contributed by atoms with Crippen molar-refractivity contribution in [2.75, 3.05) is 27.2 Å². The Morgan fingerprint density at radius 2 is 1.94 bits per heavy atom. The number of benzene rings is 1. The molecule has 0 amide bonds. The van der Waals surface area contributed by atoms with Gasteiger partial charge in [-0.25, -0.2) is 5.01 Å². The maximum atomic E-state index is 5.60. The topological polar surface area (TPSA) is 24.5 Å². The van der Waals surface area contributed by atoms with Crippen LogP contribution in [0, 0.1) is 0 Å². The van der Waals surface area contributed by atoms with Crippen molar-refractivity contribution in [2.45, 2.75) is 19.4 Å². The van der Waals surface area contributed by atoms with E-state index in [9.17, 15) is 0 Å². The minimum absolute atomic E-state index is 0.725. The van der Waals surface area contributed by atoms with Gasteiger partial charge < -0.3 is 4.74 Å². The first-order chi connectivity index (χ1) is 7.83. The summed E-state index contributed by atoms with van der Waals surface area (Å²) >= 11 is 0. The zero-order valence-corrected chi connectivity index (χ0v) is 10.3. The minimum atomic E-state index is 0.725. The highest BCUT2D eigenvalue weighted by atomic mass is 16.5. The van der Waals surface area contributed by atoms with Crippen LogP contribution in [0.15, 0.2) is 30.3 Å². The third-order valence-electron chi connectivity index (χ3n) is 2.53. The lowest BCUT2D eigenvalue weighted by atomic mass is 10.2. The fraction of sp³-hybridized carbons (Fsp3) is 0.538. The van der Waals surface area contributed by atoms with Crippen LogP contribution in [-0.4, -0.2) is 32.3 Å². The first kappa shape index (κ1) is 13.2. The van der Waals surface area contributed by atoms with Crippen molar-refractivity contribution in [1.82, 2.24) is 10.4 Å². The lowest BCUT2D eigenvalue weighted by Gasteiger charge is -2.14. The monoisotopic (exact) mass is 222 g/mol. The van der Waals surface area contributed by atoms with Gasteiger partial charge in [0.25, 0.3) is 0 Å². The van der Waals surface area contributed by atoms with Gasteiger partial charge in [-0.2, -0.15) is 0 Å². The molecule has 0 aliphatic carbocycles. The molecule has 0 fully saturated rings. The normalized spacial score (nSPS) is 10.9. The van der Waals surface area contributed by atoms with E-state index < -0.39 is 0 Å². The fourth-order valence-corrected chi connectivity index (χ4v) is 1.43. The van der Waals surface area contributed by atoms with E-state index in [0.29, 0.717) is 0 Å². The van der Waals surface area contributed by atoms with Crippen molar-refractivity contribution in [3.63, 3.8) is 0 Å². The SMILES string of the molecule is CNN(C)CCCCOCc1ccccc1. The molecule has 90 valence electrons. The number of hydrazine groups is 1. The summed E-state index contributed by atoms with van der Waals surface area (Å²) in [5.41, 5.74) is 4.32. The highest BCUT2D eigenvalue weighted by Gasteiger charge is 1.95. The van der Waals surface area contributed by atoms with E-state index in [-0.39, 0.29) is 0 Å². The van der Waals surface area contributed by atoms with E-state index in [1.54, 1.807) is 0 Å². The molecule has 1 rings (SSSR count). The zero-order valence-electron chi connectivity index (χ0n) is 10.3. The summed E-state index contributed by atoms with van der Waals surface area (Å²) in [6, 6.07) is 10.3. The number of unbranched alkanes of at least 4 members (excludes halogenated alkanes) is 1. The van der Waals surface area contributed by atoms with E-state index in [1.807, 2.05) is 32.3 Å². The standard InChI is InChI=1S/C13H22N2O/c1-14-15(2)10-6-7-11-16-12-13-8-4-3-5-9-13/h3-5,8-9,14H,6-7,10-12H2,1-2H3. The van der Waals surface area contributed by atoms with E-state index in [1.165, 1.54) is 5.56 Å². The number of nitrogens with zero attached hydrogens (tertiary/aromatic N) is 1. The number of rotatable bonds is 8. The van der Waals surface area contributed by atoms with Gasteiger partial charge in [0.1, 0.15) is 0 Å². The fourth-order valence-electron chi connectivity index (χ4n) is 1.43. The molecule has 0 heterocycles. The predicted molar refractivity (Wildman–Crippen MR) is 67.0 cm³/mol. The molecular formula is C13H22N2O. The largest absolute Gasteiger partial charge is 0.377 e. The van der Waals surface area contributed by atoms with Crippen LogP contribution >= 0.6 is 0 Å². The molecule has 0 aliphatic rings. The summed E-state index contributed by atoms with van der Waals surface area (Å²) in [4.78, 5) is 0. The van der Waals surface area contributed by atoms with Gasteiger partial charge in [0, 0.05) is 20.2 Å². The molecule has 0 bridgehead atoms. The van der Waals surface area contributed by atoms with Gasteiger partial charge in [-0.1, -0.05) is 30.3 Å². The van der Waals surface area contributed by atoms with E-state index >= 15 is 0 Å². The maximum absolute atomic E-state index is 5.60. The molecule has 0 radical (unpaired) electrons. The average Bonchev–Trinajstić information content (AvgIpc) is 2.34. The van der Waals surface area contributed by atoms with Crippen LogP contribution in [0.2, 0.25) is 0 Å². The zero-order chi connectivity index (χ0) is 11.6. The van der Waals surface area contributed by atoms with E-state index in [4.69, 9.17) is 4.74 Å². The van der Waals surface area contributed by atoms with Crippen LogP contribution in [0.5, 0.6) is 0 Å². The van der Waals surface area contributed by atoms with Crippen molar-refractivity contribution in [1.29, 1.82) is 0 Å². The van der Waals surface area contributed by atoms with Crippen molar-refractivity contribution in [3.8, 4) is 0 Å². The van der Waals surface area contributed by atoms with Crippen LogP contribution in [0.1, 0.15) is 18.4 Å². The molecule has 1 N–H and O–H groups in total. The van der Waals surface area contributed by atoms with Crippen LogP contribution in [-0.2, 0) is 11.3 Å². The molecule has 0 aliphatic heterocycles. The molecule has 16 heavy (non-hydrogen) atoms. The Labute approximate surface area is 98.4 Å². The summed E-state index contributed by atoms with van der Waals surface area (Å²) < 4.78 is 5.60. The quantitative estimate of drug-likeness (QED) is 0.538. The molecule has 0 unspecified atom stereocenters. The predicted octanol–water partition coefficient (Wildman–Crippen LogP) is 2.05. The van der Waals surface area contributed by atoms with Crippen molar-refractivity contribution in [2.24, 2.45) is 0 Å². The van der Waals surface area contributed by atoms with Gasteiger partial charge in [-0.05, 0) is 25.5 Å². The first-order valence-electron chi connectivity index (χ1n) is 5.83.